The van der Waals surface area contributed by atoms with Gasteiger partial charge in [-0.15, -0.1) is 11.3 Å². The normalized spacial score (nSPS) is 15.7. The van der Waals surface area contributed by atoms with Crippen molar-refractivity contribution in [2.75, 3.05) is 31.6 Å². The van der Waals surface area contributed by atoms with Crippen molar-refractivity contribution in [3.8, 4) is 0 Å². The molecule has 0 spiro atoms. The first-order valence-electron chi connectivity index (χ1n) is 7.14. The van der Waals surface area contributed by atoms with Gasteiger partial charge in [0.1, 0.15) is 0 Å². The van der Waals surface area contributed by atoms with Gasteiger partial charge >= 0.3 is 0 Å². The Labute approximate surface area is 120 Å². The molecule has 1 aromatic rings. The number of hydrogen-bond acceptors (Lipinski definition) is 5. The van der Waals surface area contributed by atoms with E-state index in [0.29, 0.717) is 12.5 Å². The van der Waals surface area contributed by atoms with Gasteiger partial charge in [0.2, 0.25) is 0 Å². The quantitative estimate of drug-likeness (QED) is 0.835. The molecular weight excluding hydrogens is 258 g/mol. The Hall–Kier alpha value is -0.650. The summed E-state index contributed by atoms with van der Waals surface area (Å²) in [5, 5.41) is 4.67. The number of nitrogens with one attached hydrogen (secondary N) is 1. The van der Waals surface area contributed by atoms with Crippen LogP contribution in [0.4, 0.5) is 5.13 Å². The van der Waals surface area contributed by atoms with E-state index >= 15 is 0 Å². The maximum atomic E-state index is 5.27. The van der Waals surface area contributed by atoms with Crippen LogP contribution in [0.5, 0.6) is 0 Å². The highest BCUT2D eigenvalue weighted by molar-refractivity contribution is 7.15. The lowest BCUT2D eigenvalue weighted by Gasteiger charge is -2.12. The maximum Gasteiger partial charge on any atom is 0.185 e. The molecule has 0 bridgehead atoms. The second kappa shape index (κ2) is 7.22. The van der Waals surface area contributed by atoms with Crippen molar-refractivity contribution < 1.29 is 4.74 Å². The Kier molecular flexibility index (Phi) is 5.60. The summed E-state index contributed by atoms with van der Waals surface area (Å²) in [6.07, 6.45) is 2.58. The zero-order valence-corrected chi connectivity index (χ0v) is 13.1. The second-order valence-corrected chi connectivity index (χ2v) is 6.58. The first-order valence-corrected chi connectivity index (χ1v) is 7.95. The Morgan fingerprint density at radius 2 is 2.11 bits per heavy atom. The number of thiazole rings is 1. The van der Waals surface area contributed by atoms with Crippen LogP contribution in [-0.2, 0) is 17.9 Å². The third-order valence-corrected chi connectivity index (χ3v) is 4.42. The SMILES string of the molecule is COCc1nc(N2CCCC2)sc1CNCC(C)C. The van der Waals surface area contributed by atoms with Gasteiger partial charge < -0.3 is 15.0 Å². The summed E-state index contributed by atoms with van der Waals surface area (Å²) in [6.45, 7) is 9.32. The van der Waals surface area contributed by atoms with Crippen LogP contribution in [0, 0.1) is 5.92 Å². The molecule has 0 aromatic carbocycles. The molecule has 1 aliphatic rings. The Balaban J connectivity index is 2.01. The van der Waals surface area contributed by atoms with Crippen molar-refractivity contribution >= 4 is 16.5 Å². The minimum Gasteiger partial charge on any atom is -0.378 e. The molecule has 5 heteroatoms. The largest absolute Gasteiger partial charge is 0.378 e. The van der Waals surface area contributed by atoms with Gasteiger partial charge in [-0.25, -0.2) is 4.98 Å². The summed E-state index contributed by atoms with van der Waals surface area (Å²) >= 11 is 1.82. The number of anilines is 1. The van der Waals surface area contributed by atoms with Gasteiger partial charge in [0, 0.05) is 31.6 Å². The summed E-state index contributed by atoms with van der Waals surface area (Å²) in [5.74, 6) is 0.678. The van der Waals surface area contributed by atoms with E-state index in [4.69, 9.17) is 9.72 Å². The van der Waals surface area contributed by atoms with E-state index in [-0.39, 0.29) is 0 Å². The Bertz CT molecular complexity index is 386. The van der Waals surface area contributed by atoms with Crippen LogP contribution in [0.2, 0.25) is 0 Å². The van der Waals surface area contributed by atoms with E-state index in [2.05, 4.69) is 24.1 Å². The molecule has 2 heterocycles. The molecule has 1 saturated heterocycles. The topological polar surface area (TPSA) is 37.4 Å². The molecule has 0 unspecified atom stereocenters. The minimum atomic E-state index is 0.614. The molecule has 1 aromatic heterocycles. The summed E-state index contributed by atoms with van der Waals surface area (Å²) in [6, 6.07) is 0. The fourth-order valence-corrected chi connectivity index (χ4v) is 3.36. The summed E-state index contributed by atoms with van der Waals surface area (Å²) in [5.41, 5.74) is 1.10. The number of hydrogen-bond donors (Lipinski definition) is 1. The van der Waals surface area contributed by atoms with E-state index < -0.39 is 0 Å². The van der Waals surface area contributed by atoms with Crippen molar-refractivity contribution in [1.82, 2.24) is 10.3 Å². The lowest BCUT2D eigenvalue weighted by Crippen LogP contribution is -2.19. The smallest absolute Gasteiger partial charge is 0.185 e. The average Bonchev–Trinajstić information content (AvgIpc) is 2.98. The van der Waals surface area contributed by atoms with Crippen LogP contribution in [-0.4, -0.2) is 31.7 Å². The van der Waals surface area contributed by atoms with Gasteiger partial charge in [-0.2, -0.15) is 0 Å². The second-order valence-electron chi connectivity index (χ2n) is 5.52. The zero-order valence-electron chi connectivity index (χ0n) is 12.2. The number of nitrogens with zero attached hydrogens (tertiary/aromatic N) is 2. The third-order valence-electron chi connectivity index (χ3n) is 3.26. The molecule has 0 aliphatic carbocycles. The molecule has 108 valence electrons. The molecular formula is C14H25N3OS. The zero-order chi connectivity index (χ0) is 13.7. The standard InChI is InChI=1S/C14H25N3OS/c1-11(2)8-15-9-13-12(10-18-3)16-14(19-13)17-6-4-5-7-17/h11,15H,4-10H2,1-3H3. The van der Waals surface area contributed by atoms with Gasteiger partial charge in [-0.05, 0) is 25.3 Å². The molecule has 1 aliphatic heterocycles. The highest BCUT2D eigenvalue weighted by atomic mass is 32.1. The number of methoxy groups -OCH3 is 1. The van der Waals surface area contributed by atoms with Gasteiger partial charge in [-0.1, -0.05) is 13.8 Å². The molecule has 0 saturated carbocycles. The predicted octanol–water partition coefficient (Wildman–Crippen LogP) is 2.64. The molecule has 1 fully saturated rings. The fraction of sp³-hybridized carbons (Fsp3) is 0.786. The molecule has 19 heavy (non-hydrogen) atoms. The average molecular weight is 283 g/mol. The molecule has 2 rings (SSSR count). The number of rotatable bonds is 7. The molecule has 4 nitrogen and oxygen atoms in total. The lowest BCUT2D eigenvalue weighted by molar-refractivity contribution is 0.181. The van der Waals surface area contributed by atoms with Crippen molar-refractivity contribution in [2.45, 2.75) is 39.8 Å². The molecule has 0 atom stereocenters. The van der Waals surface area contributed by atoms with Crippen LogP contribution in [0.1, 0.15) is 37.3 Å². The minimum absolute atomic E-state index is 0.614. The maximum absolute atomic E-state index is 5.27. The molecule has 1 N–H and O–H groups in total. The summed E-state index contributed by atoms with van der Waals surface area (Å²) in [4.78, 5) is 8.48. The monoisotopic (exact) mass is 283 g/mol. The lowest BCUT2D eigenvalue weighted by atomic mass is 10.2. The highest BCUT2D eigenvalue weighted by Crippen LogP contribution is 2.29. The van der Waals surface area contributed by atoms with Gasteiger partial charge in [0.05, 0.1) is 12.3 Å². The van der Waals surface area contributed by atoms with Gasteiger partial charge in [-0.3, -0.25) is 0 Å². The van der Waals surface area contributed by atoms with E-state index in [1.807, 2.05) is 11.3 Å². The number of ether oxygens (including phenoxy) is 1. The Morgan fingerprint density at radius 3 is 2.74 bits per heavy atom. The first-order chi connectivity index (χ1) is 9.20. The highest BCUT2D eigenvalue weighted by Gasteiger charge is 2.18. The van der Waals surface area contributed by atoms with Crippen LogP contribution in [0.25, 0.3) is 0 Å². The summed E-state index contributed by atoms with van der Waals surface area (Å²) in [7, 11) is 1.74. The van der Waals surface area contributed by atoms with E-state index in [1.54, 1.807) is 7.11 Å². The van der Waals surface area contributed by atoms with E-state index in [1.165, 1.54) is 22.9 Å². The van der Waals surface area contributed by atoms with Gasteiger partial charge in [0.15, 0.2) is 5.13 Å². The van der Waals surface area contributed by atoms with E-state index in [9.17, 15) is 0 Å². The van der Waals surface area contributed by atoms with Crippen molar-refractivity contribution in [1.29, 1.82) is 0 Å². The first kappa shape index (κ1) is 14.8. The third kappa shape index (κ3) is 4.16. The van der Waals surface area contributed by atoms with E-state index in [0.717, 1.165) is 31.9 Å². The fourth-order valence-electron chi connectivity index (χ4n) is 2.28. The number of aromatic nitrogens is 1. The van der Waals surface area contributed by atoms with Crippen molar-refractivity contribution in [2.24, 2.45) is 5.92 Å². The summed E-state index contributed by atoms with van der Waals surface area (Å²) < 4.78 is 5.27. The van der Waals surface area contributed by atoms with Crippen LogP contribution in [0.3, 0.4) is 0 Å². The van der Waals surface area contributed by atoms with Crippen LogP contribution >= 0.6 is 11.3 Å². The van der Waals surface area contributed by atoms with Crippen LogP contribution < -0.4 is 10.2 Å². The van der Waals surface area contributed by atoms with Crippen molar-refractivity contribution in [3.05, 3.63) is 10.6 Å². The molecule has 0 amide bonds. The molecule has 0 radical (unpaired) electrons. The Morgan fingerprint density at radius 1 is 1.37 bits per heavy atom. The predicted molar refractivity (Wildman–Crippen MR) is 80.8 cm³/mol. The van der Waals surface area contributed by atoms with Gasteiger partial charge in [0.25, 0.3) is 0 Å². The van der Waals surface area contributed by atoms with Crippen molar-refractivity contribution in [3.63, 3.8) is 0 Å². The van der Waals surface area contributed by atoms with Crippen LogP contribution in [0.15, 0.2) is 0 Å².